The molecular formula is C15H20F2N2O. The molecule has 1 fully saturated rings. The molecule has 0 heterocycles. The number of nitrogens with zero attached hydrogens (tertiary/aromatic N) is 1. The standard InChI is InChI=1S/C15H20F2N2O/c1-19(12-4-2-3-5-12)9-8-18-15(20)13-10-11(16)6-7-14(13)17/h6-7,10,12H,2-5,8-9H2,1H3,(H,18,20). The van der Waals surface area contributed by atoms with E-state index in [-0.39, 0.29) is 5.56 Å². The molecule has 0 aliphatic heterocycles. The number of rotatable bonds is 5. The van der Waals surface area contributed by atoms with E-state index in [1.54, 1.807) is 0 Å². The molecule has 1 N–H and O–H groups in total. The monoisotopic (exact) mass is 282 g/mol. The number of hydrogen-bond donors (Lipinski definition) is 1. The largest absolute Gasteiger partial charge is 0.351 e. The van der Waals surface area contributed by atoms with Gasteiger partial charge in [0.25, 0.3) is 5.91 Å². The molecule has 5 heteroatoms. The maximum Gasteiger partial charge on any atom is 0.254 e. The van der Waals surface area contributed by atoms with E-state index in [0.717, 1.165) is 18.2 Å². The minimum Gasteiger partial charge on any atom is -0.351 e. The van der Waals surface area contributed by atoms with Gasteiger partial charge in [0, 0.05) is 19.1 Å². The lowest BCUT2D eigenvalue weighted by molar-refractivity contribution is 0.0942. The van der Waals surface area contributed by atoms with Crippen molar-refractivity contribution in [2.45, 2.75) is 31.7 Å². The van der Waals surface area contributed by atoms with Gasteiger partial charge in [-0.3, -0.25) is 4.79 Å². The molecule has 0 aromatic heterocycles. The summed E-state index contributed by atoms with van der Waals surface area (Å²) in [5.41, 5.74) is -0.242. The summed E-state index contributed by atoms with van der Waals surface area (Å²) < 4.78 is 26.4. The molecule has 20 heavy (non-hydrogen) atoms. The van der Waals surface area contributed by atoms with Gasteiger partial charge in [-0.15, -0.1) is 0 Å². The number of carbonyl (C=O) groups excluding carboxylic acids is 1. The highest BCUT2D eigenvalue weighted by molar-refractivity contribution is 5.94. The Hall–Kier alpha value is -1.49. The summed E-state index contributed by atoms with van der Waals surface area (Å²) in [5, 5.41) is 2.63. The zero-order valence-corrected chi connectivity index (χ0v) is 11.7. The van der Waals surface area contributed by atoms with Crippen molar-refractivity contribution in [2.75, 3.05) is 20.1 Å². The quantitative estimate of drug-likeness (QED) is 0.900. The van der Waals surface area contributed by atoms with Crippen molar-refractivity contribution in [1.82, 2.24) is 10.2 Å². The average molecular weight is 282 g/mol. The molecule has 110 valence electrons. The molecule has 1 amide bonds. The van der Waals surface area contributed by atoms with E-state index < -0.39 is 17.5 Å². The van der Waals surface area contributed by atoms with Crippen LogP contribution in [0.1, 0.15) is 36.0 Å². The van der Waals surface area contributed by atoms with Gasteiger partial charge < -0.3 is 10.2 Å². The third-order valence-corrected chi connectivity index (χ3v) is 3.87. The predicted molar refractivity (Wildman–Crippen MR) is 73.6 cm³/mol. The summed E-state index contributed by atoms with van der Waals surface area (Å²) in [6.45, 7) is 1.15. The Morgan fingerprint density at radius 2 is 2.05 bits per heavy atom. The summed E-state index contributed by atoms with van der Waals surface area (Å²) in [5.74, 6) is -1.88. The zero-order chi connectivity index (χ0) is 14.5. The molecule has 0 saturated heterocycles. The molecule has 1 aliphatic rings. The van der Waals surface area contributed by atoms with Crippen molar-refractivity contribution in [3.05, 3.63) is 35.4 Å². The lowest BCUT2D eigenvalue weighted by Crippen LogP contribution is -2.37. The summed E-state index contributed by atoms with van der Waals surface area (Å²) in [4.78, 5) is 14.0. The minimum absolute atomic E-state index is 0.242. The highest BCUT2D eigenvalue weighted by Crippen LogP contribution is 2.21. The summed E-state index contributed by atoms with van der Waals surface area (Å²) in [6.07, 6.45) is 4.91. The molecule has 0 unspecified atom stereocenters. The van der Waals surface area contributed by atoms with Crippen LogP contribution < -0.4 is 5.32 Å². The van der Waals surface area contributed by atoms with Gasteiger partial charge in [0.1, 0.15) is 11.6 Å². The third kappa shape index (κ3) is 3.76. The number of benzene rings is 1. The van der Waals surface area contributed by atoms with Crippen LogP contribution in [0.25, 0.3) is 0 Å². The van der Waals surface area contributed by atoms with Crippen molar-refractivity contribution >= 4 is 5.91 Å². The SMILES string of the molecule is CN(CCNC(=O)c1cc(F)ccc1F)C1CCCC1. The Labute approximate surface area is 118 Å². The average Bonchev–Trinajstić information content (AvgIpc) is 2.95. The van der Waals surface area contributed by atoms with Gasteiger partial charge in [-0.05, 0) is 38.1 Å². The van der Waals surface area contributed by atoms with Crippen LogP contribution in [0.15, 0.2) is 18.2 Å². The van der Waals surface area contributed by atoms with Gasteiger partial charge in [-0.2, -0.15) is 0 Å². The Balaban J connectivity index is 1.81. The first-order chi connectivity index (χ1) is 9.58. The van der Waals surface area contributed by atoms with Gasteiger partial charge in [-0.25, -0.2) is 8.78 Å². The lowest BCUT2D eigenvalue weighted by atomic mass is 10.2. The Kier molecular flexibility index (Phi) is 5.06. The van der Waals surface area contributed by atoms with Gasteiger partial charge >= 0.3 is 0 Å². The number of amides is 1. The number of hydrogen-bond acceptors (Lipinski definition) is 2. The van der Waals surface area contributed by atoms with E-state index in [2.05, 4.69) is 10.2 Å². The van der Waals surface area contributed by atoms with Crippen molar-refractivity contribution in [2.24, 2.45) is 0 Å². The van der Waals surface area contributed by atoms with Gasteiger partial charge in [0.05, 0.1) is 5.56 Å². The molecule has 1 aromatic carbocycles. The van der Waals surface area contributed by atoms with Crippen molar-refractivity contribution in [3.8, 4) is 0 Å². The first-order valence-electron chi connectivity index (χ1n) is 7.01. The second kappa shape index (κ2) is 6.79. The first-order valence-corrected chi connectivity index (χ1v) is 7.01. The fraction of sp³-hybridized carbons (Fsp3) is 0.533. The molecule has 0 bridgehead atoms. The van der Waals surface area contributed by atoms with Crippen LogP contribution in [-0.2, 0) is 0 Å². The van der Waals surface area contributed by atoms with Crippen LogP contribution in [-0.4, -0.2) is 37.0 Å². The lowest BCUT2D eigenvalue weighted by Gasteiger charge is -2.23. The van der Waals surface area contributed by atoms with Crippen molar-refractivity contribution < 1.29 is 13.6 Å². The second-order valence-corrected chi connectivity index (χ2v) is 5.30. The number of carbonyl (C=O) groups is 1. The van der Waals surface area contributed by atoms with Crippen LogP contribution in [0.2, 0.25) is 0 Å². The molecular weight excluding hydrogens is 262 g/mol. The maximum absolute atomic E-state index is 13.4. The van der Waals surface area contributed by atoms with E-state index in [9.17, 15) is 13.6 Å². The molecule has 0 spiro atoms. The topological polar surface area (TPSA) is 32.3 Å². The Morgan fingerprint density at radius 1 is 1.35 bits per heavy atom. The van der Waals surface area contributed by atoms with Gasteiger partial charge in [0.2, 0.25) is 0 Å². The highest BCUT2D eigenvalue weighted by atomic mass is 19.1. The van der Waals surface area contributed by atoms with Crippen molar-refractivity contribution in [1.29, 1.82) is 0 Å². The second-order valence-electron chi connectivity index (χ2n) is 5.30. The number of likely N-dealkylation sites (N-methyl/N-ethyl adjacent to an activating group) is 1. The smallest absolute Gasteiger partial charge is 0.254 e. The fourth-order valence-electron chi connectivity index (χ4n) is 2.64. The number of nitrogens with one attached hydrogen (secondary N) is 1. The van der Waals surface area contributed by atoms with E-state index in [0.29, 0.717) is 19.1 Å². The molecule has 2 rings (SSSR count). The van der Waals surface area contributed by atoms with E-state index in [1.165, 1.54) is 25.7 Å². The fourth-order valence-corrected chi connectivity index (χ4v) is 2.64. The minimum atomic E-state index is -0.701. The van der Waals surface area contributed by atoms with E-state index >= 15 is 0 Å². The predicted octanol–water partition coefficient (Wildman–Crippen LogP) is 2.57. The Morgan fingerprint density at radius 3 is 2.75 bits per heavy atom. The van der Waals surface area contributed by atoms with Crippen LogP contribution >= 0.6 is 0 Å². The van der Waals surface area contributed by atoms with Crippen LogP contribution in [0.5, 0.6) is 0 Å². The summed E-state index contributed by atoms with van der Waals surface area (Å²) in [7, 11) is 2.03. The first kappa shape index (κ1) is 14.9. The highest BCUT2D eigenvalue weighted by Gasteiger charge is 2.19. The zero-order valence-electron chi connectivity index (χ0n) is 11.7. The normalized spacial score (nSPS) is 15.8. The molecule has 1 aromatic rings. The van der Waals surface area contributed by atoms with Gasteiger partial charge in [-0.1, -0.05) is 12.8 Å². The van der Waals surface area contributed by atoms with Crippen LogP contribution in [0.3, 0.4) is 0 Å². The Bertz CT molecular complexity index is 473. The molecule has 1 saturated carbocycles. The van der Waals surface area contributed by atoms with Crippen LogP contribution in [0, 0.1) is 11.6 Å². The van der Waals surface area contributed by atoms with Crippen molar-refractivity contribution in [3.63, 3.8) is 0 Å². The number of halogens is 2. The van der Waals surface area contributed by atoms with E-state index in [4.69, 9.17) is 0 Å². The van der Waals surface area contributed by atoms with Gasteiger partial charge in [0.15, 0.2) is 0 Å². The maximum atomic E-state index is 13.4. The summed E-state index contributed by atoms with van der Waals surface area (Å²) in [6, 6.07) is 3.47. The molecule has 0 atom stereocenters. The molecule has 1 aliphatic carbocycles. The third-order valence-electron chi connectivity index (χ3n) is 3.87. The van der Waals surface area contributed by atoms with E-state index in [1.807, 2.05) is 7.05 Å². The molecule has 0 radical (unpaired) electrons. The molecule has 3 nitrogen and oxygen atoms in total. The summed E-state index contributed by atoms with van der Waals surface area (Å²) >= 11 is 0. The van der Waals surface area contributed by atoms with Crippen LogP contribution in [0.4, 0.5) is 8.78 Å².